The Hall–Kier alpha value is -3.52. The van der Waals surface area contributed by atoms with Crippen LogP contribution < -0.4 is 10.6 Å². The quantitative estimate of drug-likeness (QED) is 0.617. The van der Waals surface area contributed by atoms with Crippen LogP contribution in [0.5, 0.6) is 0 Å². The van der Waals surface area contributed by atoms with Gasteiger partial charge in [-0.15, -0.1) is 0 Å². The number of sulfone groups is 1. The van der Waals surface area contributed by atoms with Gasteiger partial charge in [0.15, 0.2) is 9.84 Å². The number of carbonyl (C=O) groups is 2. The van der Waals surface area contributed by atoms with Crippen LogP contribution in [-0.4, -0.2) is 26.5 Å². The summed E-state index contributed by atoms with van der Waals surface area (Å²) < 4.78 is 37.1. The largest absolute Gasteiger partial charge is 0.322 e. The van der Waals surface area contributed by atoms with Gasteiger partial charge < -0.3 is 10.6 Å². The van der Waals surface area contributed by atoms with Crippen LogP contribution in [0.4, 0.5) is 15.8 Å². The normalized spacial score (nSPS) is 11.1. The maximum atomic E-state index is 13.7. The lowest BCUT2D eigenvalue weighted by Gasteiger charge is -2.12. The van der Waals surface area contributed by atoms with Crippen molar-refractivity contribution < 1.29 is 22.4 Å². The fourth-order valence-electron chi connectivity index (χ4n) is 2.88. The zero-order valence-electron chi connectivity index (χ0n) is 17.2. The Kier molecular flexibility index (Phi) is 6.21. The zero-order chi connectivity index (χ0) is 22.8. The molecule has 8 heteroatoms. The third-order valence-corrected chi connectivity index (χ3v) is 5.80. The third-order valence-electron chi connectivity index (χ3n) is 4.69. The maximum absolute atomic E-state index is 13.7. The first-order valence-electron chi connectivity index (χ1n) is 9.34. The summed E-state index contributed by atoms with van der Waals surface area (Å²) in [6.07, 6.45) is 1.08. The summed E-state index contributed by atoms with van der Waals surface area (Å²) in [7, 11) is -3.43. The fraction of sp³-hybridized carbons (Fsp3) is 0.130. The van der Waals surface area contributed by atoms with Crippen molar-refractivity contribution in [3.63, 3.8) is 0 Å². The van der Waals surface area contributed by atoms with Gasteiger partial charge in [-0.3, -0.25) is 9.59 Å². The second-order valence-corrected chi connectivity index (χ2v) is 9.22. The van der Waals surface area contributed by atoms with Gasteiger partial charge in [0.05, 0.1) is 4.90 Å². The minimum absolute atomic E-state index is 0.0578. The number of hydrogen-bond acceptors (Lipinski definition) is 4. The molecule has 0 saturated carbocycles. The van der Waals surface area contributed by atoms with E-state index in [-0.39, 0.29) is 16.0 Å². The number of hydrogen-bond donors (Lipinski definition) is 2. The van der Waals surface area contributed by atoms with Gasteiger partial charge in [0.1, 0.15) is 5.82 Å². The number of halogens is 1. The van der Waals surface area contributed by atoms with Gasteiger partial charge in [-0.2, -0.15) is 0 Å². The Balaban J connectivity index is 1.74. The van der Waals surface area contributed by atoms with Crippen LogP contribution >= 0.6 is 0 Å². The molecule has 0 aliphatic carbocycles. The number of benzene rings is 3. The molecule has 6 nitrogen and oxygen atoms in total. The van der Waals surface area contributed by atoms with Crippen LogP contribution in [0.2, 0.25) is 0 Å². The first kappa shape index (κ1) is 22.2. The Morgan fingerprint density at radius 2 is 1.48 bits per heavy atom. The van der Waals surface area contributed by atoms with Crippen molar-refractivity contribution in [1.82, 2.24) is 0 Å². The number of nitrogens with one attached hydrogen (secondary N) is 2. The molecular formula is C23H21FN2O4S. The predicted molar refractivity (Wildman–Crippen MR) is 118 cm³/mol. The molecule has 0 radical (unpaired) electrons. The summed E-state index contributed by atoms with van der Waals surface area (Å²) in [5.41, 5.74) is 2.54. The second kappa shape index (κ2) is 8.69. The first-order chi connectivity index (χ1) is 14.5. The van der Waals surface area contributed by atoms with Gasteiger partial charge in [0, 0.05) is 28.8 Å². The molecule has 0 saturated heterocycles. The van der Waals surface area contributed by atoms with Gasteiger partial charge in [0.25, 0.3) is 11.8 Å². The van der Waals surface area contributed by atoms with Crippen LogP contribution in [0.3, 0.4) is 0 Å². The summed E-state index contributed by atoms with van der Waals surface area (Å²) in [6.45, 7) is 3.37. The molecular weight excluding hydrogens is 419 g/mol. The Morgan fingerprint density at radius 3 is 2.13 bits per heavy atom. The van der Waals surface area contributed by atoms with Crippen molar-refractivity contribution in [3.05, 3.63) is 88.7 Å². The van der Waals surface area contributed by atoms with Crippen molar-refractivity contribution in [1.29, 1.82) is 0 Å². The van der Waals surface area contributed by atoms with Gasteiger partial charge in [-0.1, -0.05) is 12.1 Å². The molecule has 0 unspecified atom stereocenters. The van der Waals surface area contributed by atoms with Crippen molar-refractivity contribution in [2.75, 3.05) is 16.9 Å². The van der Waals surface area contributed by atoms with E-state index in [1.165, 1.54) is 36.4 Å². The average molecular weight is 440 g/mol. The summed E-state index contributed by atoms with van der Waals surface area (Å²) in [5, 5.41) is 5.43. The van der Waals surface area contributed by atoms with Crippen molar-refractivity contribution in [2.24, 2.45) is 0 Å². The molecule has 0 bridgehead atoms. The van der Waals surface area contributed by atoms with Crippen molar-refractivity contribution in [3.8, 4) is 0 Å². The Bertz CT molecular complexity index is 1290. The summed E-state index contributed by atoms with van der Waals surface area (Å²) in [4.78, 5) is 25.0. The highest BCUT2D eigenvalue weighted by Gasteiger charge is 2.14. The van der Waals surface area contributed by atoms with Crippen LogP contribution in [-0.2, 0) is 9.84 Å². The molecule has 160 valence electrons. The smallest absolute Gasteiger partial charge is 0.255 e. The average Bonchev–Trinajstić information content (AvgIpc) is 2.71. The number of amides is 2. The Morgan fingerprint density at radius 1 is 0.806 bits per heavy atom. The molecule has 0 aromatic heterocycles. The third kappa shape index (κ3) is 5.35. The molecule has 0 fully saturated rings. The van der Waals surface area contributed by atoms with E-state index in [0.717, 1.165) is 6.26 Å². The van der Waals surface area contributed by atoms with Gasteiger partial charge in [0.2, 0.25) is 0 Å². The maximum Gasteiger partial charge on any atom is 0.255 e. The number of rotatable bonds is 5. The molecule has 0 atom stereocenters. The number of aryl methyl sites for hydroxylation is 2. The summed E-state index contributed by atoms with van der Waals surface area (Å²) in [5.74, 6) is -1.37. The van der Waals surface area contributed by atoms with E-state index in [9.17, 15) is 22.4 Å². The molecule has 3 aromatic carbocycles. The number of carbonyl (C=O) groups excluding carboxylic acids is 2. The molecule has 0 aliphatic heterocycles. The lowest BCUT2D eigenvalue weighted by molar-refractivity contribution is 0.101. The molecule has 3 aromatic rings. The molecule has 3 rings (SSSR count). The monoisotopic (exact) mass is 440 g/mol. The van der Waals surface area contributed by atoms with Crippen LogP contribution in [0.25, 0.3) is 0 Å². The van der Waals surface area contributed by atoms with E-state index in [2.05, 4.69) is 10.6 Å². The molecule has 2 N–H and O–H groups in total. The number of anilines is 2. The predicted octanol–water partition coefficient (Wildman–Crippen LogP) is 4.35. The topological polar surface area (TPSA) is 92.3 Å². The van der Waals surface area contributed by atoms with Crippen LogP contribution in [0.15, 0.2) is 65.6 Å². The minimum Gasteiger partial charge on any atom is -0.322 e. The fourth-order valence-corrected chi connectivity index (χ4v) is 3.55. The lowest BCUT2D eigenvalue weighted by Crippen LogP contribution is -2.15. The van der Waals surface area contributed by atoms with E-state index in [1.807, 2.05) is 0 Å². The van der Waals surface area contributed by atoms with Crippen molar-refractivity contribution >= 4 is 33.0 Å². The molecule has 31 heavy (non-hydrogen) atoms. The Labute approximate surface area is 180 Å². The summed E-state index contributed by atoms with van der Waals surface area (Å²) >= 11 is 0. The van der Waals surface area contributed by atoms with E-state index in [1.54, 1.807) is 38.1 Å². The second-order valence-electron chi connectivity index (χ2n) is 7.20. The van der Waals surface area contributed by atoms with Gasteiger partial charge in [-0.25, -0.2) is 12.8 Å². The SMILES string of the molecule is Cc1ccc(C(=O)Nc2ccc(NC(=O)c3cccc(S(C)(=O)=O)c3)c(C)c2)cc1F. The minimum atomic E-state index is -3.43. The van der Waals surface area contributed by atoms with Gasteiger partial charge >= 0.3 is 0 Å². The van der Waals surface area contributed by atoms with E-state index in [0.29, 0.717) is 22.5 Å². The van der Waals surface area contributed by atoms with Gasteiger partial charge in [-0.05, 0) is 73.5 Å². The molecule has 0 aliphatic rings. The molecule has 0 heterocycles. The lowest BCUT2D eigenvalue weighted by atomic mass is 10.1. The highest BCUT2D eigenvalue weighted by molar-refractivity contribution is 7.90. The molecule has 2 amide bonds. The van der Waals surface area contributed by atoms with E-state index in [4.69, 9.17) is 0 Å². The van der Waals surface area contributed by atoms with E-state index >= 15 is 0 Å². The van der Waals surface area contributed by atoms with Crippen LogP contribution in [0.1, 0.15) is 31.8 Å². The van der Waals surface area contributed by atoms with E-state index < -0.39 is 27.5 Å². The summed E-state index contributed by atoms with van der Waals surface area (Å²) in [6, 6.07) is 14.9. The van der Waals surface area contributed by atoms with Crippen LogP contribution in [0, 0.1) is 19.7 Å². The zero-order valence-corrected chi connectivity index (χ0v) is 18.0. The highest BCUT2D eigenvalue weighted by Crippen LogP contribution is 2.22. The first-order valence-corrected chi connectivity index (χ1v) is 11.2. The standard InChI is InChI=1S/C23H21FN2O4S/c1-14-7-8-17(13-20(14)24)22(27)25-18-9-10-21(15(2)11-18)26-23(28)16-5-4-6-19(12-16)31(3,29)30/h4-13H,1-3H3,(H,25,27)(H,26,28). The highest BCUT2D eigenvalue weighted by atomic mass is 32.2. The van der Waals surface area contributed by atoms with Crippen molar-refractivity contribution in [2.45, 2.75) is 18.7 Å². The molecule has 0 spiro atoms.